The van der Waals surface area contributed by atoms with Crippen LogP contribution in [0.25, 0.3) is 0 Å². The van der Waals surface area contributed by atoms with Crippen LogP contribution in [-0.2, 0) is 37.7 Å². The molecule has 1 saturated heterocycles. The summed E-state index contributed by atoms with van der Waals surface area (Å²) in [6, 6.07) is 6.47. The van der Waals surface area contributed by atoms with E-state index in [1.165, 1.54) is 12.1 Å². The SMILES string of the molecule is C[C@H](N(Cc1ccc(F)cc1)C(=O)CN1C(=O)OC2(CCc3cc(NC(=O)[C@H](N)C4CC4)ccc32)C1=O)C(F)(F)F. The molecule has 2 aromatic carbocycles. The highest BCUT2D eigenvalue weighted by Gasteiger charge is 2.58. The van der Waals surface area contributed by atoms with E-state index in [0.717, 1.165) is 31.9 Å². The number of nitrogens with one attached hydrogen (secondary N) is 1. The van der Waals surface area contributed by atoms with Gasteiger partial charge in [-0.1, -0.05) is 18.2 Å². The molecule has 1 aliphatic heterocycles. The van der Waals surface area contributed by atoms with Crippen molar-refractivity contribution >= 4 is 29.5 Å². The molecule has 2 aromatic rings. The normalized spacial score (nSPS) is 21.5. The van der Waals surface area contributed by atoms with Gasteiger partial charge in [0.25, 0.3) is 5.91 Å². The van der Waals surface area contributed by atoms with Crippen LogP contribution in [0.5, 0.6) is 0 Å². The molecule has 4 amide bonds. The van der Waals surface area contributed by atoms with Gasteiger partial charge >= 0.3 is 12.3 Å². The van der Waals surface area contributed by atoms with Crippen molar-refractivity contribution in [2.75, 3.05) is 11.9 Å². The molecule has 1 heterocycles. The van der Waals surface area contributed by atoms with Crippen LogP contribution in [0.4, 0.5) is 28.0 Å². The Bertz CT molecular complexity index is 1390. The topological polar surface area (TPSA) is 122 Å². The molecular weight excluding hydrogens is 548 g/mol. The van der Waals surface area contributed by atoms with Crippen molar-refractivity contribution in [2.24, 2.45) is 11.7 Å². The summed E-state index contributed by atoms with van der Waals surface area (Å²) in [4.78, 5) is 52.9. The summed E-state index contributed by atoms with van der Waals surface area (Å²) in [5.41, 5.74) is 5.93. The quantitative estimate of drug-likeness (QED) is 0.464. The number of halogens is 4. The molecule has 218 valence electrons. The lowest BCUT2D eigenvalue weighted by molar-refractivity contribution is -0.187. The van der Waals surface area contributed by atoms with E-state index in [1.807, 2.05) is 0 Å². The highest BCUT2D eigenvalue weighted by molar-refractivity contribution is 6.06. The highest BCUT2D eigenvalue weighted by Crippen LogP contribution is 2.46. The lowest BCUT2D eigenvalue weighted by Crippen LogP contribution is -2.51. The zero-order chi connectivity index (χ0) is 29.7. The summed E-state index contributed by atoms with van der Waals surface area (Å²) in [6.45, 7) is -0.707. The first-order valence-electron chi connectivity index (χ1n) is 13.2. The number of ether oxygens (including phenoxy) is 1. The number of hydrogen-bond donors (Lipinski definition) is 2. The first-order chi connectivity index (χ1) is 19.3. The van der Waals surface area contributed by atoms with E-state index in [9.17, 15) is 36.7 Å². The number of nitrogens with two attached hydrogens (primary N) is 1. The third kappa shape index (κ3) is 5.50. The van der Waals surface area contributed by atoms with Crippen LogP contribution >= 0.6 is 0 Å². The number of nitrogens with zero attached hydrogens (tertiary/aromatic N) is 2. The summed E-state index contributed by atoms with van der Waals surface area (Å²) >= 11 is 0. The second-order valence-corrected chi connectivity index (χ2v) is 10.7. The molecule has 2 fully saturated rings. The number of benzene rings is 2. The number of rotatable bonds is 8. The van der Waals surface area contributed by atoms with E-state index in [0.29, 0.717) is 33.0 Å². The molecule has 3 atom stereocenters. The smallest absolute Gasteiger partial charge is 0.418 e. The standard InChI is InChI=1S/C28H28F4N4O5/c1-15(28(30,31)32)35(13-16-2-6-19(29)7-3-16)22(37)14-36-25(39)27(41-26(36)40)11-10-18-12-20(8-9-21(18)27)34-24(38)23(33)17-4-5-17/h2-3,6-9,12,15,17,23H,4-5,10-11,13-14,33H2,1H3,(H,34,38)/t15-,23+,27?/m0/s1. The second-order valence-electron chi connectivity index (χ2n) is 10.7. The van der Waals surface area contributed by atoms with Crippen molar-refractivity contribution < 1.29 is 41.5 Å². The van der Waals surface area contributed by atoms with Crippen molar-refractivity contribution in [3.63, 3.8) is 0 Å². The average molecular weight is 577 g/mol. The number of anilines is 1. The largest absolute Gasteiger partial charge is 0.427 e. The Morgan fingerprint density at radius 2 is 1.85 bits per heavy atom. The van der Waals surface area contributed by atoms with Crippen LogP contribution < -0.4 is 11.1 Å². The first kappa shape index (κ1) is 28.5. The Morgan fingerprint density at radius 3 is 2.49 bits per heavy atom. The molecule has 1 saturated carbocycles. The molecule has 13 heteroatoms. The zero-order valence-corrected chi connectivity index (χ0v) is 22.0. The molecule has 3 aliphatic rings. The van der Waals surface area contributed by atoms with Gasteiger partial charge in [-0.3, -0.25) is 14.4 Å². The maximum Gasteiger partial charge on any atom is 0.418 e. The molecule has 5 rings (SSSR count). The second kappa shape index (κ2) is 10.4. The van der Waals surface area contributed by atoms with Gasteiger partial charge in [-0.25, -0.2) is 14.1 Å². The molecule has 41 heavy (non-hydrogen) atoms. The zero-order valence-electron chi connectivity index (χ0n) is 22.0. The predicted octanol–water partition coefficient (Wildman–Crippen LogP) is 3.60. The number of fused-ring (bicyclic) bond motifs is 2. The average Bonchev–Trinajstić information content (AvgIpc) is 3.67. The maximum absolute atomic E-state index is 13.6. The number of carbonyl (C=O) groups excluding carboxylic acids is 4. The maximum atomic E-state index is 13.6. The van der Waals surface area contributed by atoms with Crippen LogP contribution in [0.15, 0.2) is 42.5 Å². The van der Waals surface area contributed by atoms with Gasteiger partial charge in [-0.2, -0.15) is 13.2 Å². The first-order valence-corrected chi connectivity index (χ1v) is 13.2. The van der Waals surface area contributed by atoms with Crippen LogP contribution in [0.2, 0.25) is 0 Å². The number of amides is 4. The summed E-state index contributed by atoms with van der Waals surface area (Å²) in [5, 5.41) is 2.75. The van der Waals surface area contributed by atoms with Crippen molar-refractivity contribution in [1.82, 2.24) is 9.80 Å². The summed E-state index contributed by atoms with van der Waals surface area (Å²) in [7, 11) is 0. The molecule has 1 unspecified atom stereocenters. The fourth-order valence-corrected chi connectivity index (χ4v) is 5.26. The molecule has 2 aliphatic carbocycles. The molecule has 1 spiro atoms. The van der Waals surface area contributed by atoms with Gasteiger partial charge < -0.3 is 20.7 Å². The van der Waals surface area contributed by atoms with Crippen molar-refractivity contribution in [1.29, 1.82) is 0 Å². The van der Waals surface area contributed by atoms with Gasteiger partial charge in [-0.05, 0) is 67.5 Å². The summed E-state index contributed by atoms with van der Waals surface area (Å²) < 4.78 is 59.7. The van der Waals surface area contributed by atoms with Crippen LogP contribution in [0.1, 0.15) is 42.9 Å². The van der Waals surface area contributed by atoms with Gasteiger partial charge in [0.2, 0.25) is 17.4 Å². The fraction of sp³-hybridized carbons (Fsp3) is 0.429. The Kier molecular flexibility index (Phi) is 7.26. The molecular formula is C28H28F4N4O5. The van der Waals surface area contributed by atoms with Gasteiger partial charge in [0.15, 0.2) is 0 Å². The Hall–Kier alpha value is -4.00. The van der Waals surface area contributed by atoms with Gasteiger partial charge in [0.05, 0.1) is 6.04 Å². The third-order valence-electron chi connectivity index (χ3n) is 7.88. The number of carbonyl (C=O) groups is 4. The fourth-order valence-electron chi connectivity index (χ4n) is 5.26. The number of alkyl halides is 3. The van der Waals surface area contributed by atoms with Crippen molar-refractivity contribution in [2.45, 2.75) is 63.0 Å². The van der Waals surface area contributed by atoms with E-state index in [2.05, 4.69) is 5.32 Å². The minimum absolute atomic E-state index is 0.0643. The lowest BCUT2D eigenvalue weighted by atomic mass is 9.94. The molecule has 9 nitrogen and oxygen atoms in total. The van der Waals surface area contributed by atoms with Crippen molar-refractivity contribution in [3.05, 3.63) is 65.0 Å². The van der Waals surface area contributed by atoms with Crippen LogP contribution in [0, 0.1) is 11.7 Å². The summed E-state index contributed by atoms with van der Waals surface area (Å²) in [5.74, 6) is -2.76. The van der Waals surface area contributed by atoms with Gasteiger partial charge in [0.1, 0.15) is 18.4 Å². The highest BCUT2D eigenvalue weighted by atomic mass is 19.4. The van der Waals surface area contributed by atoms with E-state index in [4.69, 9.17) is 10.5 Å². The summed E-state index contributed by atoms with van der Waals surface area (Å²) in [6.07, 6.45) is -3.78. The molecule has 0 bridgehead atoms. The third-order valence-corrected chi connectivity index (χ3v) is 7.88. The van der Waals surface area contributed by atoms with Crippen molar-refractivity contribution in [3.8, 4) is 0 Å². The van der Waals surface area contributed by atoms with Gasteiger partial charge in [0, 0.05) is 24.2 Å². The Balaban J connectivity index is 1.33. The monoisotopic (exact) mass is 576 g/mol. The van der Waals surface area contributed by atoms with E-state index in [-0.39, 0.29) is 23.8 Å². The van der Waals surface area contributed by atoms with E-state index in [1.54, 1.807) is 18.2 Å². The lowest BCUT2D eigenvalue weighted by Gasteiger charge is -2.31. The predicted molar refractivity (Wildman–Crippen MR) is 136 cm³/mol. The minimum atomic E-state index is -4.80. The Morgan fingerprint density at radius 1 is 1.17 bits per heavy atom. The van der Waals surface area contributed by atoms with E-state index < -0.39 is 60.7 Å². The van der Waals surface area contributed by atoms with Crippen LogP contribution in [0.3, 0.4) is 0 Å². The molecule has 0 radical (unpaired) electrons. The minimum Gasteiger partial charge on any atom is -0.427 e. The van der Waals surface area contributed by atoms with Gasteiger partial charge in [-0.15, -0.1) is 0 Å². The number of imide groups is 1. The number of hydrogen-bond acceptors (Lipinski definition) is 6. The molecule has 0 aromatic heterocycles. The number of aryl methyl sites for hydroxylation is 1. The van der Waals surface area contributed by atoms with E-state index >= 15 is 0 Å². The molecule has 3 N–H and O–H groups in total. The van der Waals surface area contributed by atoms with Crippen LogP contribution in [-0.4, -0.2) is 58.4 Å². The Labute approximate surface area is 232 Å².